The Labute approximate surface area is 129 Å². The molecule has 0 heterocycles. The Kier molecular flexibility index (Phi) is 5.87. The summed E-state index contributed by atoms with van der Waals surface area (Å²) in [6.45, 7) is 6.77. The van der Waals surface area contributed by atoms with E-state index in [9.17, 15) is 18.0 Å². The van der Waals surface area contributed by atoms with Gasteiger partial charge >= 0.3 is 5.97 Å². The number of rotatable bonds is 7. The van der Waals surface area contributed by atoms with Gasteiger partial charge in [-0.2, -0.15) is 0 Å². The van der Waals surface area contributed by atoms with Gasteiger partial charge in [0.25, 0.3) is 5.91 Å². The van der Waals surface area contributed by atoms with Gasteiger partial charge in [0, 0.05) is 11.3 Å². The zero-order valence-electron chi connectivity index (χ0n) is 12.5. The van der Waals surface area contributed by atoms with E-state index < -0.39 is 21.1 Å². The van der Waals surface area contributed by atoms with Crippen LogP contribution in [-0.4, -0.2) is 30.7 Å². The molecular formula is C15H19NO5S. The maximum Gasteiger partial charge on any atom is 0.322 e. The molecule has 2 N–H and O–H groups in total. The van der Waals surface area contributed by atoms with Crippen molar-refractivity contribution in [1.29, 1.82) is 0 Å². The second-order valence-electron chi connectivity index (χ2n) is 4.92. The molecule has 1 aromatic rings. The Hall–Kier alpha value is -2.15. The van der Waals surface area contributed by atoms with Crippen LogP contribution in [0.3, 0.4) is 0 Å². The van der Waals surface area contributed by atoms with Gasteiger partial charge in [-0.05, 0) is 37.6 Å². The van der Waals surface area contributed by atoms with Crippen LogP contribution >= 0.6 is 0 Å². The molecule has 7 heteroatoms. The van der Waals surface area contributed by atoms with Crippen LogP contribution in [0.4, 0.5) is 5.69 Å². The number of aliphatic carboxylic acids is 1. The van der Waals surface area contributed by atoms with Crippen LogP contribution in [0.15, 0.2) is 41.3 Å². The summed E-state index contributed by atoms with van der Waals surface area (Å²) in [4.78, 5) is 22.5. The molecule has 1 amide bonds. The fourth-order valence-electron chi connectivity index (χ4n) is 1.80. The van der Waals surface area contributed by atoms with E-state index in [4.69, 9.17) is 5.11 Å². The van der Waals surface area contributed by atoms with Crippen molar-refractivity contribution in [2.24, 2.45) is 0 Å². The van der Waals surface area contributed by atoms with E-state index in [-0.39, 0.29) is 17.2 Å². The molecule has 0 saturated heterocycles. The van der Waals surface area contributed by atoms with Crippen molar-refractivity contribution in [3.8, 4) is 0 Å². The largest absolute Gasteiger partial charge is 0.480 e. The van der Waals surface area contributed by atoms with Gasteiger partial charge in [0.15, 0.2) is 15.1 Å². The molecule has 0 aliphatic heterocycles. The third-order valence-corrected chi connectivity index (χ3v) is 5.14. The Balaban J connectivity index is 3.04. The minimum atomic E-state index is -3.95. The van der Waals surface area contributed by atoms with Gasteiger partial charge in [-0.1, -0.05) is 19.9 Å². The van der Waals surface area contributed by atoms with Crippen molar-refractivity contribution in [3.63, 3.8) is 0 Å². The van der Waals surface area contributed by atoms with Crippen molar-refractivity contribution in [1.82, 2.24) is 0 Å². The van der Waals surface area contributed by atoms with Crippen LogP contribution < -0.4 is 5.32 Å². The monoisotopic (exact) mass is 325 g/mol. The number of carboxylic acid groups (broad SMARTS) is 1. The highest BCUT2D eigenvalue weighted by Crippen LogP contribution is 2.22. The van der Waals surface area contributed by atoms with Crippen LogP contribution in [0, 0.1) is 0 Å². The fourth-order valence-corrected chi connectivity index (χ4v) is 3.46. The molecule has 0 radical (unpaired) electrons. The number of benzene rings is 1. The Morgan fingerprint density at radius 2 is 1.82 bits per heavy atom. The van der Waals surface area contributed by atoms with Gasteiger partial charge in [0.1, 0.15) is 0 Å². The highest BCUT2D eigenvalue weighted by atomic mass is 32.2. The molecule has 0 aliphatic rings. The average molecular weight is 325 g/mol. The average Bonchev–Trinajstić information content (AvgIpc) is 2.44. The van der Waals surface area contributed by atoms with Crippen LogP contribution in [0.2, 0.25) is 0 Å². The number of carbonyl (C=O) groups excluding carboxylic acids is 1. The predicted octanol–water partition coefficient (Wildman–Crippen LogP) is 2.23. The smallest absolute Gasteiger partial charge is 0.322 e. The van der Waals surface area contributed by atoms with E-state index in [1.54, 1.807) is 13.8 Å². The topological polar surface area (TPSA) is 101 Å². The molecule has 0 fully saturated rings. The summed E-state index contributed by atoms with van der Waals surface area (Å²) in [5.74, 6) is -1.73. The number of hydrogen-bond acceptors (Lipinski definition) is 4. The van der Waals surface area contributed by atoms with Gasteiger partial charge < -0.3 is 10.4 Å². The number of carboxylic acids is 1. The van der Waals surface area contributed by atoms with Crippen molar-refractivity contribution in [2.45, 2.75) is 36.8 Å². The Morgan fingerprint density at radius 3 is 2.23 bits per heavy atom. The molecule has 120 valence electrons. The van der Waals surface area contributed by atoms with Crippen LogP contribution in [-0.2, 0) is 19.4 Å². The molecule has 1 aromatic carbocycles. The molecule has 0 aliphatic carbocycles. The fraction of sp³-hybridized carbons (Fsp3) is 0.333. The third-order valence-electron chi connectivity index (χ3n) is 3.03. The predicted molar refractivity (Wildman–Crippen MR) is 83.4 cm³/mol. The summed E-state index contributed by atoms with van der Waals surface area (Å²) in [7, 11) is -3.95. The molecule has 1 atom stereocenters. The molecule has 6 nitrogen and oxygen atoms in total. The summed E-state index contributed by atoms with van der Waals surface area (Å²) in [5.41, 5.74) is 0.736. The maximum atomic E-state index is 12.3. The van der Waals surface area contributed by atoms with Crippen LogP contribution in [0.25, 0.3) is 0 Å². The SMILES string of the molecule is C=C(C)C(=O)Nc1ccc(S(=O)(=O)C(CCC)C(=O)O)cc1. The summed E-state index contributed by atoms with van der Waals surface area (Å²) in [6.07, 6.45) is 0.495. The maximum absolute atomic E-state index is 12.3. The molecule has 22 heavy (non-hydrogen) atoms. The first-order valence-electron chi connectivity index (χ1n) is 6.73. The van der Waals surface area contributed by atoms with E-state index in [1.165, 1.54) is 24.3 Å². The van der Waals surface area contributed by atoms with Gasteiger partial charge in [-0.15, -0.1) is 0 Å². The highest BCUT2D eigenvalue weighted by molar-refractivity contribution is 7.92. The highest BCUT2D eigenvalue weighted by Gasteiger charge is 2.33. The molecule has 1 rings (SSSR count). The van der Waals surface area contributed by atoms with E-state index >= 15 is 0 Å². The minimum absolute atomic E-state index is 0.0474. The van der Waals surface area contributed by atoms with Crippen molar-refractivity contribution in [3.05, 3.63) is 36.4 Å². The van der Waals surface area contributed by atoms with E-state index in [0.29, 0.717) is 17.7 Å². The van der Waals surface area contributed by atoms with Crippen molar-refractivity contribution < 1.29 is 23.1 Å². The number of nitrogens with one attached hydrogen (secondary N) is 1. The molecule has 0 bridgehead atoms. The lowest BCUT2D eigenvalue weighted by Gasteiger charge is -2.13. The van der Waals surface area contributed by atoms with Crippen LogP contribution in [0.5, 0.6) is 0 Å². The zero-order chi connectivity index (χ0) is 16.9. The number of carbonyl (C=O) groups is 2. The van der Waals surface area contributed by atoms with E-state index in [0.717, 1.165) is 0 Å². The van der Waals surface area contributed by atoms with Crippen molar-refractivity contribution >= 4 is 27.4 Å². The standard InChI is InChI=1S/C15H19NO5S/c1-4-5-13(15(18)19)22(20,21)12-8-6-11(7-9-12)16-14(17)10(2)3/h6-9,13H,2,4-5H2,1,3H3,(H,16,17)(H,18,19). The second kappa shape index (κ2) is 7.22. The van der Waals surface area contributed by atoms with Gasteiger partial charge in [-0.25, -0.2) is 8.42 Å². The third kappa shape index (κ3) is 4.17. The number of amides is 1. The zero-order valence-corrected chi connectivity index (χ0v) is 13.3. The van der Waals surface area contributed by atoms with Gasteiger partial charge in [-0.3, -0.25) is 9.59 Å². The minimum Gasteiger partial charge on any atom is -0.480 e. The lowest BCUT2D eigenvalue weighted by Crippen LogP contribution is -2.30. The van der Waals surface area contributed by atoms with E-state index in [1.807, 2.05) is 0 Å². The number of anilines is 1. The first-order chi connectivity index (χ1) is 10.2. The van der Waals surface area contributed by atoms with E-state index in [2.05, 4.69) is 11.9 Å². The summed E-state index contributed by atoms with van der Waals surface area (Å²) in [6, 6.07) is 5.40. The molecule has 0 saturated carbocycles. The molecule has 0 spiro atoms. The Morgan fingerprint density at radius 1 is 1.27 bits per heavy atom. The second-order valence-corrected chi connectivity index (χ2v) is 7.05. The number of sulfone groups is 1. The normalized spacial score (nSPS) is 12.5. The quantitative estimate of drug-likeness (QED) is 0.749. The summed E-state index contributed by atoms with van der Waals surface area (Å²) < 4.78 is 24.6. The first-order valence-corrected chi connectivity index (χ1v) is 8.28. The molecule has 0 aromatic heterocycles. The molecule has 1 unspecified atom stereocenters. The van der Waals surface area contributed by atoms with Crippen LogP contribution in [0.1, 0.15) is 26.7 Å². The van der Waals surface area contributed by atoms with Gasteiger partial charge in [0.05, 0.1) is 4.90 Å². The lowest BCUT2D eigenvalue weighted by molar-refractivity contribution is -0.136. The molecular weight excluding hydrogens is 306 g/mol. The summed E-state index contributed by atoms with van der Waals surface area (Å²) >= 11 is 0. The lowest BCUT2D eigenvalue weighted by atomic mass is 10.2. The van der Waals surface area contributed by atoms with Gasteiger partial charge in [0.2, 0.25) is 0 Å². The van der Waals surface area contributed by atoms with Crippen molar-refractivity contribution in [2.75, 3.05) is 5.32 Å². The first kappa shape index (κ1) is 17.9. The Bertz CT molecular complexity index is 676. The summed E-state index contributed by atoms with van der Waals surface area (Å²) in [5, 5.41) is 10.2. The number of hydrogen-bond donors (Lipinski definition) is 2.